The summed E-state index contributed by atoms with van der Waals surface area (Å²) in [5, 5.41) is 9.83. The van der Waals surface area contributed by atoms with Gasteiger partial charge in [-0.3, -0.25) is 0 Å². The standard InChI is InChI=1S/C13H17ClN2/c1-4-8(2)13-12(14)11(7-15)9(3)16(13)10-5-6-10/h8,10H,4-6H2,1-3H3. The van der Waals surface area contributed by atoms with Crippen LogP contribution in [-0.4, -0.2) is 4.57 Å². The Labute approximate surface area is 102 Å². The summed E-state index contributed by atoms with van der Waals surface area (Å²) < 4.78 is 2.30. The van der Waals surface area contributed by atoms with E-state index in [1.165, 1.54) is 18.5 Å². The highest BCUT2D eigenvalue weighted by Gasteiger charge is 2.32. The summed E-state index contributed by atoms with van der Waals surface area (Å²) in [6, 6.07) is 2.82. The first-order chi connectivity index (χ1) is 7.61. The highest BCUT2D eigenvalue weighted by molar-refractivity contribution is 6.32. The molecular weight excluding hydrogens is 220 g/mol. The molecule has 1 atom stereocenters. The molecule has 1 aliphatic carbocycles. The average molecular weight is 237 g/mol. The van der Waals surface area contributed by atoms with Gasteiger partial charge in [0.1, 0.15) is 6.07 Å². The van der Waals surface area contributed by atoms with Gasteiger partial charge in [0, 0.05) is 17.4 Å². The third-order valence-electron chi connectivity index (χ3n) is 3.53. The molecule has 0 aliphatic heterocycles. The summed E-state index contributed by atoms with van der Waals surface area (Å²) >= 11 is 6.34. The van der Waals surface area contributed by atoms with Crippen molar-refractivity contribution in [1.29, 1.82) is 5.26 Å². The quantitative estimate of drug-likeness (QED) is 0.774. The van der Waals surface area contributed by atoms with Crippen LogP contribution in [0.4, 0.5) is 0 Å². The number of hydrogen-bond acceptors (Lipinski definition) is 1. The second-order valence-corrected chi connectivity index (χ2v) is 5.06. The van der Waals surface area contributed by atoms with Gasteiger partial charge in [0.2, 0.25) is 0 Å². The van der Waals surface area contributed by atoms with Gasteiger partial charge in [0.25, 0.3) is 0 Å². The van der Waals surface area contributed by atoms with E-state index in [4.69, 9.17) is 16.9 Å². The molecule has 0 radical (unpaired) electrons. The van der Waals surface area contributed by atoms with Crippen molar-refractivity contribution in [2.75, 3.05) is 0 Å². The van der Waals surface area contributed by atoms with Crippen LogP contribution in [0.3, 0.4) is 0 Å². The molecule has 1 aliphatic rings. The Morgan fingerprint density at radius 2 is 2.19 bits per heavy atom. The summed E-state index contributed by atoms with van der Waals surface area (Å²) in [4.78, 5) is 0. The van der Waals surface area contributed by atoms with Gasteiger partial charge in [-0.25, -0.2) is 0 Å². The Morgan fingerprint density at radius 3 is 2.62 bits per heavy atom. The lowest BCUT2D eigenvalue weighted by atomic mass is 10.0. The molecule has 1 saturated carbocycles. The molecular formula is C13H17ClN2. The number of hydrogen-bond donors (Lipinski definition) is 0. The number of halogens is 1. The first-order valence-electron chi connectivity index (χ1n) is 5.92. The zero-order chi connectivity index (χ0) is 11.9. The Balaban J connectivity index is 2.60. The van der Waals surface area contributed by atoms with Crippen LogP contribution < -0.4 is 0 Å². The SMILES string of the molecule is CCC(C)c1c(Cl)c(C#N)c(C)n1C1CC1. The number of nitrogens with zero attached hydrogens (tertiary/aromatic N) is 2. The van der Waals surface area contributed by atoms with E-state index in [0.717, 1.165) is 12.1 Å². The van der Waals surface area contributed by atoms with Crippen LogP contribution in [0.1, 0.15) is 62.0 Å². The lowest BCUT2D eigenvalue weighted by Gasteiger charge is -2.15. The third kappa shape index (κ3) is 1.64. The van der Waals surface area contributed by atoms with Crippen LogP contribution in [-0.2, 0) is 0 Å². The van der Waals surface area contributed by atoms with Crippen molar-refractivity contribution in [2.24, 2.45) is 0 Å². The topological polar surface area (TPSA) is 28.7 Å². The molecule has 1 fully saturated rings. The van der Waals surface area contributed by atoms with Crippen molar-refractivity contribution < 1.29 is 0 Å². The molecule has 2 nitrogen and oxygen atoms in total. The van der Waals surface area contributed by atoms with Crippen LogP contribution in [0.5, 0.6) is 0 Å². The molecule has 3 heteroatoms. The van der Waals surface area contributed by atoms with E-state index in [0.29, 0.717) is 22.5 Å². The summed E-state index contributed by atoms with van der Waals surface area (Å²) in [5.41, 5.74) is 2.88. The van der Waals surface area contributed by atoms with Crippen LogP contribution in [0.2, 0.25) is 5.02 Å². The maximum atomic E-state index is 9.15. The fraction of sp³-hybridized carbons (Fsp3) is 0.615. The molecule has 1 unspecified atom stereocenters. The maximum absolute atomic E-state index is 9.15. The molecule has 0 N–H and O–H groups in total. The molecule has 16 heavy (non-hydrogen) atoms. The monoisotopic (exact) mass is 236 g/mol. The molecule has 0 bridgehead atoms. The van der Waals surface area contributed by atoms with Crippen LogP contribution in [0.15, 0.2) is 0 Å². The van der Waals surface area contributed by atoms with Gasteiger partial charge in [-0.15, -0.1) is 0 Å². The number of rotatable bonds is 3. The smallest absolute Gasteiger partial charge is 0.103 e. The van der Waals surface area contributed by atoms with Crippen molar-refractivity contribution in [2.45, 2.75) is 52.0 Å². The predicted octanol–water partition coefficient (Wildman–Crippen LogP) is 4.17. The van der Waals surface area contributed by atoms with Gasteiger partial charge in [-0.05, 0) is 32.1 Å². The van der Waals surface area contributed by atoms with Crippen LogP contribution in [0.25, 0.3) is 0 Å². The molecule has 0 spiro atoms. The van der Waals surface area contributed by atoms with E-state index < -0.39 is 0 Å². The first-order valence-corrected chi connectivity index (χ1v) is 6.29. The predicted molar refractivity (Wildman–Crippen MR) is 65.9 cm³/mol. The lowest BCUT2D eigenvalue weighted by Crippen LogP contribution is -2.05. The Morgan fingerprint density at radius 1 is 1.56 bits per heavy atom. The van der Waals surface area contributed by atoms with E-state index in [9.17, 15) is 0 Å². The molecule has 0 saturated heterocycles. The minimum atomic E-state index is 0.425. The van der Waals surface area contributed by atoms with Gasteiger partial charge in [0.15, 0.2) is 0 Å². The van der Waals surface area contributed by atoms with Crippen LogP contribution >= 0.6 is 11.6 Å². The van der Waals surface area contributed by atoms with E-state index in [2.05, 4.69) is 24.5 Å². The lowest BCUT2D eigenvalue weighted by molar-refractivity contribution is 0.608. The molecule has 86 valence electrons. The van der Waals surface area contributed by atoms with Crippen molar-refractivity contribution in [3.8, 4) is 6.07 Å². The van der Waals surface area contributed by atoms with Crippen molar-refractivity contribution in [1.82, 2.24) is 4.57 Å². The maximum Gasteiger partial charge on any atom is 0.103 e. The summed E-state index contributed by atoms with van der Waals surface area (Å²) in [6.07, 6.45) is 3.50. The zero-order valence-corrected chi connectivity index (χ0v) is 10.8. The van der Waals surface area contributed by atoms with Crippen molar-refractivity contribution >= 4 is 11.6 Å². The number of aromatic nitrogens is 1. The largest absolute Gasteiger partial charge is 0.343 e. The van der Waals surface area contributed by atoms with E-state index in [1.54, 1.807) is 0 Å². The van der Waals surface area contributed by atoms with E-state index in [-0.39, 0.29) is 0 Å². The van der Waals surface area contributed by atoms with Gasteiger partial charge < -0.3 is 4.57 Å². The molecule has 0 aromatic carbocycles. The van der Waals surface area contributed by atoms with E-state index in [1.807, 2.05) is 6.92 Å². The summed E-state index contributed by atoms with van der Waals surface area (Å²) in [6.45, 7) is 6.35. The second kappa shape index (κ2) is 4.14. The van der Waals surface area contributed by atoms with Gasteiger partial charge >= 0.3 is 0 Å². The Bertz CT molecular complexity index is 449. The third-order valence-corrected chi connectivity index (χ3v) is 3.91. The first kappa shape index (κ1) is 11.5. The van der Waals surface area contributed by atoms with Crippen molar-refractivity contribution in [3.05, 3.63) is 22.0 Å². The normalized spacial score (nSPS) is 17.2. The fourth-order valence-corrected chi connectivity index (χ4v) is 2.73. The highest BCUT2D eigenvalue weighted by atomic mass is 35.5. The zero-order valence-electron chi connectivity index (χ0n) is 10.0. The Kier molecular flexibility index (Phi) is 2.99. The average Bonchev–Trinajstić information content (AvgIpc) is 3.05. The van der Waals surface area contributed by atoms with Gasteiger partial charge in [0.05, 0.1) is 10.6 Å². The van der Waals surface area contributed by atoms with Crippen molar-refractivity contribution in [3.63, 3.8) is 0 Å². The summed E-state index contributed by atoms with van der Waals surface area (Å²) in [5.74, 6) is 0.425. The molecule has 1 heterocycles. The van der Waals surface area contributed by atoms with E-state index >= 15 is 0 Å². The number of nitriles is 1. The fourth-order valence-electron chi connectivity index (χ4n) is 2.27. The minimum absolute atomic E-state index is 0.425. The Hall–Kier alpha value is -0.940. The molecule has 2 rings (SSSR count). The highest BCUT2D eigenvalue weighted by Crippen LogP contribution is 2.44. The van der Waals surface area contributed by atoms with Gasteiger partial charge in [-0.1, -0.05) is 25.4 Å². The van der Waals surface area contributed by atoms with Gasteiger partial charge in [-0.2, -0.15) is 5.26 Å². The molecule has 1 aromatic heterocycles. The van der Waals surface area contributed by atoms with Crippen LogP contribution in [0, 0.1) is 18.3 Å². The minimum Gasteiger partial charge on any atom is -0.343 e. The second-order valence-electron chi connectivity index (χ2n) is 4.68. The summed E-state index contributed by atoms with van der Waals surface area (Å²) in [7, 11) is 0. The molecule has 0 amide bonds. The molecule has 1 aromatic rings.